The highest BCUT2D eigenvalue weighted by Gasteiger charge is 2.40. The molecule has 0 spiro atoms. The van der Waals surface area contributed by atoms with Crippen molar-refractivity contribution in [1.82, 2.24) is 10.2 Å². The number of fused-ring (bicyclic) bond motifs is 2. The van der Waals surface area contributed by atoms with E-state index in [4.69, 9.17) is 0 Å². The minimum atomic E-state index is -0.133. The summed E-state index contributed by atoms with van der Waals surface area (Å²) in [6.07, 6.45) is 6.99. The molecule has 2 amide bonds. The van der Waals surface area contributed by atoms with Gasteiger partial charge in [-0.3, -0.25) is 14.5 Å². The summed E-state index contributed by atoms with van der Waals surface area (Å²) in [6, 6.07) is 1.14. The number of nitrogens with one attached hydrogen (secondary N) is 1. The number of nitrogens with zero attached hydrogens (tertiary/aromatic N) is 1. The highest BCUT2D eigenvalue weighted by atomic mass is 16.2. The van der Waals surface area contributed by atoms with E-state index in [-0.39, 0.29) is 17.9 Å². The van der Waals surface area contributed by atoms with E-state index >= 15 is 0 Å². The third kappa shape index (κ3) is 1.40. The van der Waals surface area contributed by atoms with Gasteiger partial charge >= 0.3 is 0 Å². The zero-order valence-electron chi connectivity index (χ0n) is 8.48. The van der Waals surface area contributed by atoms with Crippen molar-refractivity contribution < 1.29 is 9.59 Å². The zero-order chi connectivity index (χ0) is 10.4. The molecular weight excluding hydrogens is 192 g/mol. The number of hydrogen-bond acceptors (Lipinski definition) is 3. The summed E-state index contributed by atoms with van der Waals surface area (Å²) in [7, 11) is 0. The average Bonchev–Trinajstić information content (AvgIpc) is 2.71. The summed E-state index contributed by atoms with van der Waals surface area (Å²) >= 11 is 0. The summed E-state index contributed by atoms with van der Waals surface area (Å²) in [6.45, 7) is 0. The maximum absolute atomic E-state index is 11.5. The first-order valence-corrected chi connectivity index (χ1v) is 5.55. The van der Waals surface area contributed by atoms with Gasteiger partial charge in [0.05, 0.1) is 0 Å². The number of piperidine rings is 1. The highest BCUT2D eigenvalue weighted by Crippen LogP contribution is 2.30. The lowest BCUT2D eigenvalue weighted by Gasteiger charge is -2.34. The minimum Gasteiger partial charge on any atom is -0.311 e. The smallest absolute Gasteiger partial charge is 0.253 e. The molecule has 0 radical (unpaired) electrons. The Bertz CT molecular complexity index is 320. The Labute approximate surface area is 88.3 Å². The van der Waals surface area contributed by atoms with Crippen LogP contribution in [0.15, 0.2) is 12.2 Å². The van der Waals surface area contributed by atoms with Gasteiger partial charge in [0.2, 0.25) is 0 Å². The lowest BCUT2D eigenvalue weighted by atomic mass is 9.98. The summed E-state index contributed by atoms with van der Waals surface area (Å²) in [5.41, 5.74) is 0. The van der Waals surface area contributed by atoms with Crippen LogP contribution in [0.4, 0.5) is 0 Å². The van der Waals surface area contributed by atoms with Crippen molar-refractivity contribution in [1.29, 1.82) is 0 Å². The SMILES string of the molecule is O=C1C=CC(=O)N1C1CC2CCC(C1)N2. The predicted molar refractivity (Wildman–Crippen MR) is 54.0 cm³/mol. The fourth-order valence-corrected chi connectivity index (χ4v) is 3.01. The van der Waals surface area contributed by atoms with E-state index in [1.165, 1.54) is 29.9 Å². The van der Waals surface area contributed by atoms with Gasteiger partial charge < -0.3 is 5.32 Å². The standard InChI is InChI=1S/C11H14N2O2/c14-10-3-4-11(15)13(10)9-5-7-1-2-8(6-9)12-7/h3-4,7-9,12H,1-2,5-6H2. The molecule has 3 aliphatic rings. The van der Waals surface area contributed by atoms with Crippen LogP contribution in [0.25, 0.3) is 0 Å². The molecule has 2 fully saturated rings. The summed E-state index contributed by atoms with van der Waals surface area (Å²) in [5, 5.41) is 3.50. The van der Waals surface area contributed by atoms with Gasteiger partial charge in [0.15, 0.2) is 0 Å². The Morgan fingerprint density at radius 2 is 1.60 bits per heavy atom. The number of rotatable bonds is 1. The Morgan fingerprint density at radius 3 is 2.13 bits per heavy atom. The van der Waals surface area contributed by atoms with Gasteiger partial charge in [-0.25, -0.2) is 0 Å². The minimum absolute atomic E-state index is 0.124. The van der Waals surface area contributed by atoms with Gasteiger partial charge in [0.1, 0.15) is 0 Å². The summed E-state index contributed by atoms with van der Waals surface area (Å²) < 4.78 is 0. The Hall–Kier alpha value is -1.16. The molecule has 15 heavy (non-hydrogen) atoms. The normalized spacial score (nSPS) is 39.2. The first-order chi connectivity index (χ1) is 7.24. The van der Waals surface area contributed by atoms with E-state index in [0.717, 1.165) is 12.8 Å². The molecule has 3 rings (SSSR count). The third-order valence-electron chi connectivity index (χ3n) is 3.66. The fourth-order valence-electron chi connectivity index (χ4n) is 3.01. The van der Waals surface area contributed by atoms with Crippen molar-refractivity contribution in [2.45, 2.75) is 43.8 Å². The molecule has 4 nitrogen and oxygen atoms in total. The molecule has 2 unspecified atom stereocenters. The van der Waals surface area contributed by atoms with Crippen LogP contribution in [-0.2, 0) is 9.59 Å². The van der Waals surface area contributed by atoms with E-state index in [9.17, 15) is 9.59 Å². The lowest BCUT2D eigenvalue weighted by molar-refractivity contribution is -0.140. The van der Waals surface area contributed by atoms with Crippen LogP contribution in [0.3, 0.4) is 0 Å². The van der Waals surface area contributed by atoms with Gasteiger partial charge in [-0.2, -0.15) is 0 Å². The van der Waals surface area contributed by atoms with E-state index in [2.05, 4.69) is 5.32 Å². The Balaban J connectivity index is 1.78. The molecular formula is C11H14N2O2. The molecule has 0 aliphatic carbocycles. The Morgan fingerprint density at radius 1 is 1.07 bits per heavy atom. The number of amides is 2. The first kappa shape index (κ1) is 9.09. The zero-order valence-corrected chi connectivity index (χ0v) is 8.48. The summed E-state index contributed by atoms with van der Waals surface area (Å²) in [4.78, 5) is 24.5. The molecule has 2 saturated heterocycles. The van der Waals surface area contributed by atoms with Crippen LogP contribution in [0.1, 0.15) is 25.7 Å². The fraction of sp³-hybridized carbons (Fsp3) is 0.636. The molecule has 0 aromatic carbocycles. The van der Waals surface area contributed by atoms with E-state index in [1.54, 1.807) is 0 Å². The molecule has 1 N–H and O–H groups in total. The number of carbonyl (C=O) groups excluding carboxylic acids is 2. The quantitative estimate of drug-likeness (QED) is 0.623. The van der Waals surface area contributed by atoms with E-state index in [0.29, 0.717) is 12.1 Å². The van der Waals surface area contributed by atoms with Gasteiger partial charge in [0, 0.05) is 30.3 Å². The number of imide groups is 1. The number of carbonyl (C=O) groups is 2. The first-order valence-electron chi connectivity index (χ1n) is 5.55. The van der Waals surface area contributed by atoms with Crippen molar-refractivity contribution in [2.75, 3.05) is 0 Å². The van der Waals surface area contributed by atoms with Crippen molar-refractivity contribution >= 4 is 11.8 Å². The average molecular weight is 206 g/mol. The Kier molecular flexibility index (Phi) is 1.92. The largest absolute Gasteiger partial charge is 0.311 e. The van der Waals surface area contributed by atoms with Crippen LogP contribution in [0, 0.1) is 0 Å². The van der Waals surface area contributed by atoms with Crippen LogP contribution in [0.2, 0.25) is 0 Å². The lowest BCUT2D eigenvalue weighted by Crippen LogP contribution is -2.50. The van der Waals surface area contributed by atoms with E-state index < -0.39 is 0 Å². The number of hydrogen-bond donors (Lipinski definition) is 1. The van der Waals surface area contributed by atoms with Crippen LogP contribution < -0.4 is 5.32 Å². The third-order valence-corrected chi connectivity index (χ3v) is 3.66. The van der Waals surface area contributed by atoms with Gasteiger partial charge in [-0.05, 0) is 25.7 Å². The molecule has 2 bridgehead atoms. The monoisotopic (exact) mass is 206 g/mol. The van der Waals surface area contributed by atoms with Gasteiger partial charge in [-0.15, -0.1) is 0 Å². The van der Waals surface area contributed by atoms with E-state index in [1.807, 2.05) is 0 Å². The van der Waals surface area contributed by atoms with Gasteiger partial charge in [-0.1, -0.05) is 0 Å². The van der Waals surface area contributed by atoms with Gasteiger partial charge in [0.25, 0.3) is 11.8 Å². The second-order valence-electron chi connectivity index (χ2n) is 4.64. The second-order valence-corrected chi connectivity index (χ2v) is 4.64. The highest BCUT2D eigenvalue weighted by molar-refractivity contribution is 6.13. The molecule has 0 aromatic heterocycles. The molecule has 2 atom stereocenters. The molecule has 0 aromatic rings. The van der Waals surface area contributed by atoms with Crippen LogP contribution in [-0.4, -0.2) is 34.8 Å². The maximum Gasteiger partial charge on any atom is 0.253 e. The second kappa shape index (κ2) is 3.17. The van der Waals surface area contributed by atoms with Crippen molar-refractivity contribution in [3.63, 3.8) is 0 Å². The van der Waals surface area contributed by atoms with Crippen LogP contribution in [0.5, 0.6) is 0 Å². The summed E-state index contributed by atoms with van der Waals surface area (Å²) in [5.74, 6) is -0.266. The molecule has 4 heteroatoms. The topological polar surface area (TPSA) is 49.4 Å². The van der Waals surface area contributed by atoms with Crippen molar-refractivity contribution in [3.05, 3.63) is 12.2 Å². The molecule has 0 saturated carbocycles. The molecule has 3 heterocycles. The predicted octanol–water partition coefficient (Wildman–Crippen LogP) is 0.194. The maximum atomic E-state index is 11.5. The van der Waals surface area contributed by atoms with Crippen molar-refractivity contribution in [2.24, 2.45) is 0 Å². The van der Waals surface area contributed by atoms with Crippen LogP contribution >= 0.6 is 0 Å². The molecule has 80 valence electrons. The van der Waals surface area contributed by atoms with Crippen molar-refractivity contribution in [3.8, 4) is 0 Å². The molecule has 3 aliphatic heterocycles.